The molecule has 0 spiro atoms. The van der Waals surface area contributed by atoms with Crippen molar-refractivity contribution in [1.82, 2.24) is 4.98 Å². The van der Waals surface area contributed by atoms with Crippen molar-refractivity contribution in [2.45, 2.75) is 6.42 Å². The average Bonchev–Trinajstić information content (AvgIpc) is 1.98. The van der Waals surface area contributed by atoms with Crippen LogP contribution in [-0.4, -0.2) is 16.7 Å². The van der Waals surface area contributed by atoms with Crippen molar-refractivity contribution in [3.63, 3.8) is 0 Å². The summed E-state index contributed by atoms with van der Waals surface area (Å²) in [6, 6.07) is 3.28. The van der Waals surface area contributed by atoms with E-state index in [1.165, 1.54) is 0 Å². The van der Waals surface area contributed by atoms with E-state index in [0.717, 1.165) is 0 Å². The third-order valence-electron chi connectivity index (χ3n) is 1.23. The van der Waals surface area contributed by atoms with Crippen LogP contribution in [0.4, 0.5) is 0 Å². The van der Waals surface area contributed by atoms with Crippen LogP contribution in [0.25, 0.3) is 0 Å². The van der Waals surface area contributed by atoms with Gasteiger partial charge in [-0.15, -0.1) is 0 Å². The minimum atomic E-state index is 0.0348. The Kier molecular flexibility index (Phi) is 3.12. The highest BCUT2D eigenvalue weighted by Crippen LogP contribution is 2.16. The fraction of sp³-hybridized carbons (Fsp3) is 0.286. The van der Waals surface area contributed by atoms with Gasteiger partial charge in [-0.3, -0.25) is 0 Å². The summed E-state index contributed by atoms with van der Waals surface area (Å²) in [5.74, 6) is 0. The second kappa shape index (κ2) is 3.90. The minimum absolute atomic E-state index is 0.0348. The lowest BCUT2D eigenvalue weighted by atomic mass is 10.3. The lowest BCUT2D eigenvalue weighted by Crippen LogP contribution is -1.95. The molecule has 1 N–H and O–H groups in total. The van der Waals surface area contributed by atoms with Crippen LogP contribution < -0.4 is 0 Å². The number of aliphatic hydroxyl groups excluding tert-OH is 1. The van der Waals surface area contributed by atoms with Crippen LogP contribution in [-0.2, 0) is 6.42 Å². The van der Waals surface area contributed by atoms with Gasteiger partial charge in [0.25, 0.3) is 0 Å². The third-order valence-corrected chi connectivity index (χ3v) is 1.79. The largest absolute Gasteiger partial charge is 0.396 e. The summed E-state index contributed by atoms with van der Waals surface area (Å²) in [7, 11) is 0. The summed E-state index contributed by atoms with van der Waals surface area (Å²) in [5, 5.41) is 9.54. The van der Waals surface area contributed by atoms with Gasteiger partial charge in [0.15, 0.2) is 0 Å². The number of pyridine rings is 1. The van der Waals surface area contributed by atoms with E-state index in [-0.39, 0.29) is 6.61 Å². The molecule has 0 unspecified atom stereocenters. The standard InChI is InChI=1S/C7H7Cl2NO/c8-5-1-2-7(9)10-6(5)3-4-11/h1-2,11H,3-4H2. The Morgan fingerprint density at radius 1 is 1.36 bits per heavy atom. The molecule has 11 heavy (non-hydrogen) atoms. The van der Waals surface area contributed by atoms with Crippen molar-refractivity contribution < 1.29 is 5.11 Å². The summed E-state index contributed by atoms with van der Waals surface area (Å²) >= 11 is 11.3. The molecule has 1 aromatic rings. The highest BCUT2D eigenvalue weighted by molar-refractivity contribution is 6.32. The predicted octanol–water partition coefficient (Wildman–Crippen LogP) is 1.92. The molecule has 0 aliphatic heterocycles. The van der Waals surface area contributed by atoms with E-state index < -0.39 is 0 Å². The van der Waals surface area contributed by atoms with E-state index in [9.17, 15) is 0 Å². The molecule has 1 rings (SSSR count). The third kappa shape index (κ3) is 2.33. The van der Waals surface area contributed by atoms with Crippen LogP contribution in [0.5, 0.6) is 0 Å². The molecule has 0 saturated carbocycles. The van der Waals surface area contributed by atoms with Gasteiger partial charge in [0.1, 0.15) is 5.15 Å². The first-order valence-electron chi connectivity index (χ1n) is 3.16. The van der Waals surface area contributed by atoms with E-state index in [0.29, 0.717) is 22.3 Å². The van der Waals surface area contributed by atoms with Crippen molar-refractivity contribution >= 4 is 23.2 Å². The maximum Gasteiger partial charge on any atom is 0.129 e. The average molecular weight is 192 g/mol. The number of rotatable bonds is 2. The van der Waals surface area contributed by atoms with Crippen LogP contribution in [0.2, 0.25) is 10.2 Å². The maximum atomic E-state index is 8.59. The van der Waals surface area contributed by atoms with Crippen molar-refractivity contribution in [2.75, 3.05) is 6.61 Å². The molecule has 4 heteroatoms. The molecule has 0 aromatic carbocycles. The number of aliphatic hydroxyl groups is 1. The second-order valence-electron chi connectivity index (χ2n) is 2.04. The number of nitrogens with zero attached hydrogens (tertiary/aromatic N) is 1. The smallest absolute Gasteiger partial charge is 0.129 e. The van der Waals surface area contributed by atoms with E-state index in [1.54, 1.807) is 12.1 Å². The van der Waals surface area contributed by atoms with Gasteiger partial charge in [-0.25, -0.2) is 4.98 Å². The Hall–Kier alpha value is -0.310. The van der Waals surface area contributed by atoms with E-state index in [4.69, 9.17) is 28.3 Å². The van der Waals surface area contributed by atoms with Gasteiger partial charge in [0.2, 0.25) is 0 Å². The van der Waals surface area contributed by atoms with Crippen molar-refractivity contribution in [2.24, 2.45) is 0 Å². The quantitative estimate of drug-likeness (QED) is 0.726. The number of hydrogen-bond donors (Lipinski definition) is 1. The molecule has 1 heterocycles. The van der Waals surface area contributed by atoms with Crippen LogP contribution >= 0.6 is 23.2 Å². The van der Waals surface area contributed by atoms with Crippen LogP contribution in [0.1, 0.15) is 5.69 Å². The Bertz CT molecular complexity index is 252. The van der Waals surface area contributed by atoms with Crippen molar-refractivity contribution in [3.05, 3.63) is 28.0 Å². The zero-order valence-corrected chi connectivity index (χ0v) is 7.23. The second-order valence-corrected chi connectivity index (χ2v) is 2.83. The Morgan fingerprint density at radius 2 is 2.09 bits per heavy atom. The molecule has 0 bridgehead atoms. The Morgan fingerprint density at radius 3 is 2.73 bits per heavy atom. The number of hydrogen-bond acceptors (Lipinski definition) is 2. The molecular formula is C7H7Cl2NO. The van der Waals surface area contributed by atoms with Gasteiger partial charge in [-0.1, -0.05) is 23.2 Å². The topological polar surface area (TPSA) is 33.1 Å². The molecule has 60 valence electrons. The first kappa shape index (κ1) is 8.78. The van der Waals surface area contributed by atoms with Crippen molar-refractivity contribution in [1.29, 1.82) is 0 Å². The molecule has 0 aliphatic carbocycles. The lowest BCUT2D eigenvalue weighted by molar-refractivity contribution is 0.298. The molecule has 0 saturated heterocycles. The van der Waals surface area contributed by atoms with E-state index in [1.807, 2.05) is 0 Å². The van der Waals surface area contributed by atoms with Gasteiger partial charge in [0.05, 0.1) is 10.7 Å². The fourth-order valence-electron chi connectivity index (χ4n) is 0.739. The first-order valence-corrected chi connectivity index (χ1v) is 3.91. The zero-order valence-electron chi connectivity index (χ0n) is 5.72. The molecule has 0 radical (unpaired) electrons. The number of halogens is 2. The van der Waals surface area contributed by atoms with Gasteiger partial charge < -0.3 is 5.11 Å². The van der Waals surface area contributed by atoms with Gasteiger partial charge >= 0.3 is 0 Å². The highest BCUT2D eigenvalue weighted by atomic mass is 35.5. The predicted molar refractivity (Wildman–Crippen MR) is 45.0 cm³/mol. The lowest BCUT2D eigenvalue weighted by Gasteiger charge is -1.99. The normalized spacial score (nSPS) is 10.1. The first-order chi connectivity index (χ1) is 5.24. The Labute approximate surface area is 74.8 Å². The zero-order chi connectivity index (χ0) is 8.27. The molecule has 0 fully saturated rings. The summed E-state index contributed by atoms with van der Waals surface area (Å²) in [5.41, 5.74) is 0.640. The number of aromatic nitrogens is 1. The minimum Gasteiger partial charge on any atom is -0.396 e. The Balaban J connectivity index is 2.93. The maximum absolute atomic E-state index is 8.59. The fourth-order valence-corrected chi connectivity index (χ4v) is 1.10. The highest BCUT2D eigenvalue weighted by Gasteiger charge is 2.01. The summed E-state index contributed by atoms with van der Waals surface area (Å²) in [4.78, 5) is 3.94. The summed E-state index contributed by atoms with van der Waals surface area (Å²) < 4.78 is 0. The summed E-state index contributed by atoms with van der Waals surface area (Å²) in [6.45, 7) is 0.0348. The van der Waals surface area contributed by atoms with Crippen LogP contribution in [0, 0.1) is 0 Å². The SMILES string of the molecule is OCCc1nc(Cl)ccc1Cl. The van der Waals surface area contributed by atoms with Gasteiger partial charge in [0, 0.05) is 13.0 Å². The van der Waals surface area contributed by atoms with Gasteiger partial charge in [-0.2, -0.15) is 0 Å². The van der Waals surface area contributed by atoms with Gasteiger partial charge in [-0.05, 0) is 12.1 Å². The molecular weight excluding hydrogens is 185 g/mol. The summed E-state index contributed by atoms with van der Waals surface area (Å²) in [6.07, 6.45) is 0.444. The molecule has 1 aromatic heterocycles. The molecule has 0 atom stereocenters. The van der Waals surface area contributed by atoms with E-state index in [2.05, 4.69) is 4.98 Å². The van der Waals surface area contributed by atoms with E-state index >= 15 is 0 Å². The molecule has 0 aliphatic rings. The van der Waals surface area contributed by atoms with Crippen LogP contribution in [0.3, 0.4) is 0 Å². The van der Waals surface area contributed by atoms with Crippen molar-refractivity contribution in [3.8, 4) is 0 Å². The van der Waals surface area contributed by atoms with Crippen LogP contribution in [0.15, 0.2) is 12.1 Å². The molecule has 0 amide bonds. The molecule has 2 nitrogen and oxygen atoms in total. The monoisotopic (exact) mass is 191 g/mol.